The molecule has 1 rings (SSSR count). The van der Waals surface area contributed by atoms with Crippen LogP contribution < -0.4 is 9.47 Å². The maximum atomic E-state index is 11.1. The molecule has 0 spiro atoms. The van der Waals surface area contributed by atoms with E-state index in [2.05, 4.69) is 6.92 Å². The first kappa shape index (κ1) is 16.9. The number of nitro benzene ring substituents is 1. The fourth-order valence-electron chi connectivity index (χ4n) is 1.92. The van der Waals surface area contributed by atoms with E-state index < -0.39 is 4.92 Å². The first-order chi connectivity index (χ1) is 10.1. The molecule has 0 aliphatic carbocycles. The van der Waals surface area contributed by atoms with Crippen LogP contribution in [0.2, 0.25) is 0 Å². The molecule has 0 fully saturated rings. The highest BCUT2D eigenvalue weighted by molar-refractivity contribution is 5.79. The standard InChI is InChI=1S/C15H21NO5/c1-3-5-6-7-8-21-15-13(16(18)19)9-12(11-17)10-14(15)20-4-2/h9-11H,3-8H2,1-2H3. The summed E-state index contributed by atoms with van der Waals surface area (Å²) < 4.78 is 10.9. The second kappa shape index (κ2) is 8.94. The highest BCUT2D eigenvalue weighted by atomic mass is 16.6. The summed E-state index contributed by atoms with van der Waals surface area (Å²) in [6, 6.07) is 2.67. The minimum absolute atomic E-state index is 0.101. The van der Waals surface area contributed by atoms with Crippen molar-refractivity contribution >= 4 is 12.0 Å². The first-order valence-corrected chi connectivity index (χ1v) is 7.17. The summed E-state index contributed by atoms with van der Waals surface area (Å²) in [6.07, 6.45) is 4.61. The Kier molecular flexibility index (Phi) is 7.21. The molecule has 0 saturated heterocycles. The van der Waals surface area contributed by atoms with Crippen LogP contribution in [0.5, 0.6) is 11.5 Å². The van der Waals surface area contributed by atoms with Crippen molar-refractivity contribution in [1.29, 1.82) is 0 Å². The lowest BCUT2D eigenvalue weighted by Gasteiger charge is -2.12. The lowest BCUT2D eigenvalue weighted by atomic mass is 10.2. The number of carbonyl (C=O) groups is 1. The van der Waals surface area contributed by atoms with Gasteiger partial charge in [-0.25, -0.2) is 0 Å². The Morgan fingerprint density at radius 3 is 2.52 bits per heavy atom. The van der Waals surface area contributed by atoms with Crippen molar-refractivity contribution in [2.75, 3.05) is 13.2 Å². The van der Waals surface area contributed by atoms with Gasteiger partial charge in [0.2, 0.25) is 5.75 Å². The number of aldehydes is 1. The molecule has 0 unspecified atom stereocenters. The Bertz CT molecular complexity index is 487. The quantitative estimate of drug-likeness (QED) is 0.284. The van der Waals surface area contributed by atoms with Gasteiger partial charge in [0.15, 0.2) is 5.75 Å². The summed E-state index contributed by atoms with van der Waals surface area (Å²) in [5.41, 5.74) is -0.0398. The van der Waals surface area contributed by atoms with Crippen LogP contribution in [0.1, 0.15) is 49.9 Å². The molecule has 6 nitrogen and oxygen atoms in total. The van der Waals surface area contributed by atoms with Gasteiger partial charge in [0.1, 0.15) is 6.29 Å². The van der Waals surface area contributed by atoms with Crippen molar-refractivity contribution in [3.8, 4) is 11.5 Å². The number of hydrogen-bond donors (Lipinski definition) is 0. The molecule has 0 aliphatic heterocycles. The Labute approximate surface area is 124 Å². The topological polar surface area (TPSA) is 78.7 Å². The van der Waals surface area contributed by atoms with Gasteiger partial charge in [-0.3, -0.25) is 14.9 Å². The fourth-order valence-corrected chi connectivity index (χ4v) is 1.92. The highest BCUT2D eigenvalue weighted by Crippen LogP contribution is 2.38. The Morgan fingerprint density at radius 1 is 1.19 bits per heavy atom. The largest absolute Gasteiger partial charge is 0.490 e. The van der Waals surface area contributed by atoms with Gasteiger partial charge in [-0.05, 0) is 19.4 Å². The molecule has 21 heavy (non-hydrogen) atoms. The van der Waals surface area contributed by atoms with Gasteiger partial charge in [0, 0.05) is 11.6 Å². The van der Waals surface area contributed by atoms with Gasteiger partial charge < -0.3 is 9.47 Å². The molecule has 0 N–H and O–H groups in total. The van der Waals surface area contributed by atoms with E-state index in [0.29, 0.717) is 19.5 Å². The van der Waals surface area contributed by atoms with Crippen LogP contribution in [0, 0.1) is 10.1 Å². The molecule has 6 heteroatoms. The van der Waals surface area contributed by atoms with E-state index in [1.807, 2.05) is 0 Å². The number of benzene rings is 1. The average molecular weight is 295 g/mol. The van der Waals surface area contributed by atoms with E-state index in [1.165, 1.54) is 12.1 Å². The van der Waals surface area contributed by atoms with Crippen LogP contribution in [0.15, 0.2) is 12.1 Å². The first-order valence-electron chi connectivity index (χ1n) is 7.17. The normalized spacial score (nSPS) is 10.2. The van der Waals surface area contributed by atoms with Gasteiger partial charge >= 0.3 is 5.69 Å². The van der Waals surface area contributed by atoms with Crippen molar-refractivity contribution in [3.63, 3.8) is 0 Å². The third-order valence-electron chi connectivity index (χ3n) is 2.93. The van der Waals surface area contributed by atoms with Crippen LogP contribution in [0.25, 0.3) is 0 Å². The summed E-state index contributed by atoms with van der Waals surface area (Å²) in [7, 11) is 0. The molecule has 0 amide bonds. The van der Waals surface area contributed by atoms with Crippen molar-refractivity contribution in [2.45, 2.75) is 39.5 Å². The van der Waals surface area contributed by atoms with Crippen LogP contribution in [0.4, 0.5) is 5.69 Å². The van der Waals surface area contributed by atoms with E-state index in [-0.39, 0.29) is 22.7 Å². The summed E-state index contributed by atoms with van der Waals surface area (Å²) in [6.45, 7) is 4.61. The molecule has 0 saturated carbocycles. The Hall–Kier alpha value is -2.11. The van der Waals surface area contributed by atoms with Gasteiger partial charge in [-0.15, -0.1) is 0 Å². The van der Waals surface area contributed by atoms with E-state index in [4.69, 9.17) is 9.47 Å². The van der Waals surface area contributed by atoms with Crippen LogP contribution in [-0.4, -0.2) is 24.4 Å². The van der Waals surface area contributed by atoms with Gasteiger partial charge in [-0.2, -0.15) is 0 Å². The minimum Gasteiger partial charge on any atom is -0.490 e. The highest BCUT2D eigenvalue weighted by Gasteiger charge is 2.22. The van der Waals surface area contributed by atoms with Crippen molar-refractivity contribution < 1.29 is 19.2 Å². The maximum absolute atomic E-state index is 11.1. The summed E-state index contributed by atoms with van der Waals surface area (Å²) in [5.74, 6) is 0.341. The summed E-state index contributed by atoms with van der Waals surface area (Å²) in [4.78, 5) is 21.4. The lowest BCUT2D eigenvalue weighted by Crippen LogP contribution is -2.05. The second-order valence-electron chi connectivity index (χ2n) is 4.58. The van der Waals surface area contributed by atoms with E-state index in [9.17, 15) is 14.9 Å². The number of carbonyl (C=O) groups excluding carboxylic acids is 1. The lowest BCUT2D eigenvalue weighted by molar-refractivity contribution is -0.386. The average Bonchev–Trinajstić information content (AvgIpc) is 2.47. The Balaban J connectivity index is 2.96. The molecule has 0 bridgehead atoms. The zero-order chi connectivity index (χ0) is 15.7. The molecule has 1 aromatic carbocycles. The number of nitro groups is 1. The summed E-state index contributed by atoms with van der Waals surface area (Å²) >= 11 is 0. The van der Waals surface area contributed by atoms with Gasteiger partial charge in [0.05, 0.1) is 18.1 Å². The van der Waals surface area contributed by atoms with Crippen LogP contribution in [0.3, 0.4) is 0 Å². The Morgan fingerprint density at radius 2 is 1.95 bits per heavy atom. The summed E-state index contributed by atoms with van der Waals surface area (Å²) in [5, 5.41) is 11.1. The number of nitrogens with zero attached hydrogens (tertiary/aromatic N) is 1. The second-order valence-corrected chi connectivity index (χ2v) is 4.58. The molecule has 0 heterocycles. The van der Waals surface area contributed by atoms with Crippen LogP contribution in [-0.2, 0) is 0 Å². The molecule has 0 aromatic heterocycles. The zero-order valence-electron chi connectivity index (χ0n) is 12.5. The van der Waals surface area contributed by atoms with Crippen molar-refractivity contribution in [1.82, 2.24) is 0 Å². The molecular weight excluding hydrogens is 274 g/mol. The minimum atomic E-state index is -0.559. The van der Waals surface area contributed by atoms with Crippen molar-refractivity contribution in [3.05, 3.63) is 27.8 Å². The van der Waals surface area contributed by atoms with Gasteiger partial charge in [-0.1, -0.05) is 26.2 Å². The molecule has 0 aliphatic rings. The smallest absolute Gasteiger partial charge is 0.315 e. The van der Waals surface area contributed by atoms with Crippen molar-refractivity contribution in [2.24, 2.45) is 0 Å². The van der Waals surface area contributed by atoms with E-state index in [1.54, 1.807) is 6.92 Å². The monoisotopic (exact) mass is 295 g/mol. The number of hydrogen-bond acceptors (Lipinski definition) is 5. The third kappa shape index (κ3) is 5.06. The predicted molar refractivity (Wildman–Crippen MR) is 79.3 cm³/mol. The molecule has 0 atom stereocenters. The zero-order valence-corrected chi connectivity index (χ0v) is 12.5. The predicted octanol–water partition coefficient (Wildman–Crippen LogP) is 3.77. The number of rotatable bonds is 10. The number of ether oxygens (including phenoxy) is 2. The van der Waals surface area contributed by atoms with E-state index in [0.717, 1.165) is 25.7 Å². The molecule has 1 aromatic rings. The third-order valence-corrected chi connectivity index (χ3v) is 2.93. The molecule has 0 radical (unpaired) electrons. The number of unbranched alkanes of at least 4 members (excludes halogenated alkanes) is 3. The molecular formula is C15H21NO5. The fraction of sp³-hybridized carbons (Fsp3) is 0.533. The SMILES string of the molecule is CCCCCCOc1c(OCC)cc(C=O)cc1[N+](=O)[O-]. The molecule has 116 valence electrons. The van der Waals surface area contributed by atoms with E-state index >= 15 is 0 Å². The maximum Gasteiger partial charge on any atom is 0.315 e. The van der Waals surface area contributed by atoms with Crippen LogP contribution >= 0.6 is 0 Å². The van der Waals surface area contributed by atoms with Gasteiger partial charge in [0.25, 0.3) is 0 Å².